The molecule has 12 heteroatoms. The average molecular weight is 512 g/mol. The van der Waals surface area contributed by atoms with E-state index in [1.54, 1.807) is 37.4 Å². The molecule has 1 N–H and O–H groups in total. The highest BCUT2D eigenvalue weighted by molar-refractivity contribution is 7.15. The molecule has 1 aliphatic rings. The zero-order valence-electron chi connectivity index (χ0n) is 18.8. The summed E-state index contributed by atoms with van der Waals surface area (Å²) in [6.07, 6.45) is -2.12. The molecule has 0 spiro atoms. The van der Waals surface area contributed by atoms with Gasteiger partial charge < -0.3 is 10.2 Å². The number of likely N-dealkylation sites (tertiary alicyclic amines) is 1. The number of aryl methyl sites for hydroxylation is 1. The fraction of sp³-hybridized carbons (Fsp3) is 0.391. The Morgan fingerprint density at radius 3 is 2.57 bits per heavy atom. The maximum atomic E-state index is 14.5. The van der Waals surface area contributed by atoms with Crippen LogP contribution < -0.4 is 5.32 Å². The van der Waals surface area contributed by atoms with Gasteiger partial charge in [-0.25, -0.2) is 18.7 Å². The van der Waals surface area contributed by atoms with Crippen LogP contribution in [0.25, 0.3) is 10.6 Å². The van der Waals surface area contributed by atoms with Gasteiger partial charge in [-0.2, -0.15) is 13.2 Å². The van der Waals surface area contributed by atoms with Crippen LogP contribution in [0.3, 0.4) is 0 Å². The van der Waals surface area contributed by atoms with Gasteiger partial charge in [-0.3, -0.25) is 9.78 Å². The number of hydrogen-bond acceptors (Lipinski definition) is 6. The molecule has 0 bridgehead atoms. The summed E-state index contributed by atoms with van der Waals surface area (Å²) in [7, 11) is 0. The van der Waals surface area contributed by atoms with Crippen LogP contribution in [0.5, 0.6) is 0 Å². The molecule has 2 unspecified atom stereocenters. The van der Waals surface area contributed by atoms with Gasteiger partial charge in [-0.15, -0.1) is 11.3 Å². The van der Waals surface area contributed by atoms with Crippen molar-refractivity contribution in [2.75, 3.05) is 18.4 Å². The maximum absolute atomic E-state index is 14.5. The van der Waals surface area contributed by atoms with E-state index in [9.17, 15) is 26.7 Å². The number of carbonyl (C=O) groups is 1. The van der Waals surface area contributed by atoms with E-state index in [0.29, 0.717) is 23.0 Å². The van der Waals surface area contributed by atoms with Crippen molar-refractivity contribution in [3.8, 4) is 10.6 Å². The molecule has 6 nitrogen and oxygen atoms in total. The minimum absolute atomic E-state index is 0.00358. The van der Waals surface area contributed by atoms with Crippen molar-refractivity contribution in [1.29, 1.82) is 0 Å². The molecule has 0 aromatic carbocycles. The number of amides is 1. The van der Waals surface area contributed by atoms with Gasteiger partial charge in [-0.05, 0) is 31.0 Å². The van der Waals surface area contributed by atoms with Crippen molar-refractivity contribution in [2.24, 2.45) is 5.92 Å². The number of aromatic nitrogens is 3. The number of piperidine rings is 1. The minimum Gasteiger partial charge on any atom is -0.352 e. The summed E-state index contributed by atoms with van der Waals surface area (Å²) in [5, 5.41) is 2.80. The Kier molecular flexibility index (Phi) is 6.76. The second-order valence-electron chi connectivity index (χ2n) is 8.53. The number of thiophene rings is 1. The van der Waals surface area contributed by atoms with Crippen molar-refractivity contribution in [1.82, 2.24) is 19.9 Å². The topological polar surface area (TPSA) is 71.0 Å². The molecule has 0 radical (unpaired) electrons. The smallest absolute Gasteiger partial charge is 0.352 e. The van der Waals surface area contributed by atoms with Crippen LogP contribution in [-0.2, 0) is 6.18 Å². The Morgan fingerprint density at radius 1 is 1.23 bits per heavy atom. The lowest BCUT2D eigenvalue weighted by Crippen LogP contribution is -2.57. The molecule has 3 aromatic rings. The van der Waals surface area contributed by atoms with Crippen molar-refractivity contribution >= 4 is 23.2 Å². The summed E-state index contributed by atoms with van der Waals surface area (Å²) in [6.45, 7) is 2.66. The van der Waals surface area contributed by atoms with E-state index in [1.165, 1.54) is 11.3 Å². The van der Waals surface area contributed by atoms with E-state index in [1.807, 2.05) is 6.92 Å². The van der Waals surface area contributed by atoms with Crippen LogP contribution in [-0.4, -0.2) is 50.8 Å². The predicted octanol–water partition coefficient (Wildman–Crippen LogP) is 5.53. The van der Waals surface area contributed by atoms with Gasteiger partial charge in [0.2, 0.25) is 5.95 Å². The van der Waals surface area contributed by atoms with E-state index in [4.69, 9.17) is 0 Å². The van der Waals surface area contributed by atoms with Crippen LogP contribution in [0.4, 0.5) is 27.9 Å². The second-order valence-corrected chi connectivity index (χ2v) is 9.78. The molecular weight excluding hydrogens is 489 g/mol. The van der Waals surface area contributed by atoms with E-state index in [-0.39, 0.29) is 18.1 Å². The summed E-state index contributed by atoms with van der Waals surface area (Å²) in [5.41, 5.74) is -0.147. The van der Waals surface area contributed by atoms with Crippen LogP contribution in [0.15, 0.2) is 42.9 Å². The minimum atomic E-state index is -4.57. The molecule has 4 rings (SSSR count). The first-order valence-electron chi connectivity index (χ1n) is 10.8. The molecule has 4 heterocycles. The van der Waals surface area contributed by atoms with Crippen LogP contribution in [0.1, 0.15) is 34.1 Å². The highest BCUT2D eigenvalue weighted by atomic mass is 32.1. The molecule has 0 saturated carbocycles. The fourth-order valence-corrected chi connectivity index (χ4v) is 5.14. The molecule has 1 aliphatic heterocycles. The molecule has 2 atom stereocenters. The summed E-state index contributed by atoms with van der Waals surface area (Å²) in [5.74, 6) is -4.31. The third kappa shape index (κ3) is 5.58. The lowest BCUT2D eigenvalue weighted by Gasteiger charge is -2.43. The van der Waals surface area contributed by atoms with Gasteiger partial charge in [0.25, 0.3) is 11.8 Å². The predicted molar refractivity (Wildman–Crippen MR) is 121 cm³/mol. The molecule has 35 heavy (non-hydrogen) atoms. The van der Waals surface area contributed by atoms with E-state index >= 15 is 0 Å². The average Bonchev–Trinajstić information content (AvgIpc) is 3.19. The van der Waals surface area contributed by atoms with Gasteiger partial charge in [0, 0.05) is 36.4 Å². The molecule has 0 aliphatic carbocycles. The number of nitrogens with zero attached hydrogens (tertiary/aromatic N) is 4. The first kappa shape index (κ1) is 25.0. The highest BCUT2D eigenvalue weighted by Crippen LogP contribution is 2.38. The van der Waals surface area contributed by atoms with Gasteiger partial charge >= 0.3 is 6.18 Å². The quantitative estimate of drug-likeness (QED) is 0.457. The number of pyridine rings is 1. The normalized spacial score (nSPS) is 20.0. The Morgan fingerprint density at radius 2 is 1.94 bits per heavy atom. The van der Waals surface area contributed by atoms with Crippen molar-refractivity contribution in [3.63, 3.8) is 0 Å². The largest absolute Gasteiger partial charge is 0.419 e. The number of rotatable bonds is 5. The van der Waals surface area contributed by atoms with Gasteiger partial charge in [0.05, 0.1) is 34.3 Å². The van der Waals surface area contributed by atoms with E-state index in [0.717, 1.165) is 9.78 Å². The van der Waals surface area contributed by atoms with E-state index in [2.05, 4.69) is 20.3 Å². The number of halogens is 5. The van der Waals surface area contributed by atoms with Gasteiger partial charge in [-0.1, -0.05) is 13.0 Å². The summed E-state index contributed by atoms with van der Waals surface area (Å²) in [6, 6.07) is 6.27. The first-order chi connectivity index (χ1) is 16.4. The van der Waals surface area contributed by atoms with Gasteiger partial charge in [0.1, 0.15) is 0 Å². The lowest BCUT2D eigenvalue weighted by atomic mass is 9.88. The van der Waals surface area contributed by atoms with Crippen LogP contribution in [0, 0.1) is 12.8 Å². The number of alkyl halides is 5. The van der Waals surface area contributed by atoms with Crippen molar-refractivity contribution in [3.05, 3.63) is 58.9 Å². The second kappa shape index (κ2) is 9.48. The van der Waals surface area contributed by atoms with Crippen LogP contribution >= 0.6 is 11.3 Å². The molecule has 186 valence electrons. The van der Waals surface area contributed by atoms with Gasteiger partial charge in [0.15, 0.2) is 0 Å². The number of hydrogen-bond donors (Lipinski definition) is 1. The standard InChI is InChI=1S/C23H22F5N5OS/c1-13-8-22(24,25)12-33(18(13)11-32-21-30-9-15(10-31-21)23(26,27)28)20(34)16-7-14(2)35-19(16)17-5-3-4-6-29-17/h3-7,9-10,13,18H,8,11-12H2,1-2H3,(H,30,31,32). The van der Waals surface area contributed by atoms with Crippen LogP contribution in [0.2, 0.25) is 0 Å². The third-order valence-corrected chi connectivity index (χ3v) is 6.85. The monoisotopic (exact) mass is 511 g/mol. The Balaban J connectivity index is 1.60. The van der Waals surface area contributed by atoms with Crippen molar-refractivity contribution in [2.45, 2.75) is 38.4 Å². The number of anilines is 1. The Labute approximate surface area is 202 Å². The Bertz CT molecular complexity index is 1180. The zero-order valence-corrected chi connectivity index (χ0v) is 19.6. The molecule has 1 amide bonds. The molecule has 1 saturated heterocycles. The molecule has 1 fully saturated rings. The Hall–Kier alpha value is -3.15. The van der Waals surface area contributed by atoms with E-state index < -0.39 is 48.5 Å². The highest BCUT2D eigenvalue weighted by Gasteiger charge is 2.46. The fourth-order valence-electron chi connectivity index (χ4n) is 4.16. The third-order valence-electron chi connectivity index (χ3n) is 5.77. The lowest BCUT2D eigenvalue weighted by molar-refractivity contribution is -0.138. The number of nitrogens with one attached hydrogen (secondary N) is 1. The van der Waals surface area contributed by atoms with Crippen molar-refractivity contribution < 1.29 is 26.7 Å². The summed E-state index contributed by atoms with van der Waals surface area (Å²) < 4.78 is 67.4. The number of carbonyl (C=O) groups excluding carboxylic acids is 1. The molecular formula is C23H22F5N5OS. The molecule has 3 aromatic heterocycles. The maximum Gasteiger partial charge on any atom is 0.419 e. The summed E-state index contributed by atoms with van der Waals surface area (Å²) in [4.78, 5) is 27.8. The first-order valence-corrected chi connectivity index (χ1v) is 11.6. The zero-order chi connectivity index (χ0) is 25.4. The SMILES string of the molecule is Cc1cc(C(=O)N2CC(F)(F)CC(C)C2CNc2ncc(C(F)(F)F)cn2)c(-c2ccccn2)s1. The summed E-state index contributed by atoms with van der Waals surface area (Å²) >= 11 is 1.35.